The van der Waals surface area contributed by atoms with Gasteiger partial charge in [0.05, 0.1) is 19.0 Å². The summed E-state index contributed by atoms with van der Waals surface area (Å²) in [4.78, 5) is 2.19. The number of rotatable bonds is 6. The normalized spacial score (nSPS) is 22.6. The minimum atomic E-state index is -0.641. The Hall–Kier alpha value is -3.33. The summed E-state index contributed by atoms with van der Waals surface area (Å²) in [7, 11) is 1.53. The van der Waals surface area contributed by atoms with Gasteiger partial charge >= 0.3 is 0 Å². The second kappa shape index (κ2) is 8.66. The highest BCUT2D eigenvalue weighted by Crippen LogP contribution is 2.33. The molecule has 1 aromatic carbocycles. The van der Waals surface area contributed by atoms with E-state index in [0.29, 0.717) is 42.1 Å². The molecule has 1 aliphatic carbocycles. The predicted octanol–water partition coefficient (Wildman–Crippen LogP) is 2.98. The highest BCUT2D eigenvalue weighted by atomic mass is 19.1. The first-order chi connectivity index (χ1) is 15.6. The monoisotopic (exact) mass is 436 g/mol. The second-order valence-corrected chi connectivity index (χ2v) is 8.36. The summed E-state index contributed by atoms with van der Waals surface area (Å²) < 4.78 is 18.1. The Bertz CT molecular complexity index is 1090. The van der Waals surface area contributed by atoms with Crippen LogP contribution in [0.2, 0.25) is 0 Å². The summed E-state index contributed by atoms with van der Waals surface area (Å²) >= 11 is 0. The summed E-state index contributed by atoms with van der Waals surface area (Å²) in [6, 6.07) is 11.6. The lowest BCUT2D eigenvalue weighted by Gasteiger charge is -2.33. The van der Waals surface area contributed by atoms with Crippen LogP contribution in [0.5, 0.6) is 11.6 Å². The molecule has 0 amide bonds. The first-order valence-electron chi connectivity index (χ1n) is 10.8. The van der Waals surface area contributed by atoms with Gasteiger partial charge in [0.25, 0.3) is 0 Å². The molecule has 1 aliphatic heterocycles. The summed E-state index contributed by atoms with van der Waals surface area (Å²) in [5.41, 5.74) is 2.79. The fourth-order valence-electron chi connectivity index (χ4n) is 4.29. The fourth-order valence-corrected chi connectivity index (χ4v) is 4.29. The van der Waals surface area contributed by atoms with Gasteiger partial charge in [0.1, 0.15) is 11.9 Å². The number of aromatic hydroxyl groups is 1. The average Bonchev–Trinajstić information content (AvgIpc) is 3.27. The molecule has 2 fully saturated rings. The molecule has 2 aliphatic rings. The average molecular weight is 436 g/mol. The lowest BCUT2D eigenvalue weighted by Crippen LogP contribution is -2.48. The van der Waals surface area contributed by atoms with Crippen molar-refractivity contribution in [3.63, 3.8) is 0 Å². The third kappa shape index (κ3) is 4.20. The van der Waals surface area contributed by atoms with Crippen molar-refractivity contribution in [1.82, 2.24) is 25.7 Å². The molecular formula is C23H25FN6O2. The maximum Gasteiger partial charge on any atom is 0.233 e. The molecule has 32 heavy (non-hydrogen) atoms. The number of methoxy groups -OCH3 is 1. The van der Waals surface area contributed by atoms with Crippen molar-refractivity contribution < 1.29 is 14.2 Å². The maximum absolute atomic E-state index is 13.0. The van der Waals surface area contributed by atoms with Gasteiger partial charge in [0, 0.05) is 42.4 Å². The molecule has 0 radical (unpaired) electrons. The van der Waals surface area contributed by atoms with Crippen molar-refractivity contribution in [1.29, 1.82) is 0 Å². The Morgan fingerprint density at radius 3 is 2.66 bits per heavy atom. The third-order valence-corrected chi connectivity index (χ3v) is 6.16. The van der Waals surface area contributed by atoms with Gasteiger partial charge in [-0.05, 0) is 49.1 Å². The fraction of sp³-hybridized carbons (Fsp3) is 0.391. The molecule has 0 bridgehead atoms. The van der Waals surface area contributed by atoms with Crippen LogP contribution in [0.3, 0.4) is 0 Å². The molecule has 1 saturated heterocycles. The van der Waals surface area contributed by atoms with Crippen LogP contribution in [-0.2, 0) is 0 Å². The first-order valence-corrected chi connectivity index (χ1v) is 10.8. The summed E-state index contributed by atoms with van der Waals surface area (Å²) in [5.74, 6) is 1.32. The molecule has 3 heterocycles. The zero-order chi connectivity index (χ0) is 22.1. The number of nitrogens with zero attached hydrogens (tertiary/aromatic N) is 5. The molecule has 9 heteroatoms. The van der Waals surface area contributed by atoms with E-state index in [1.54, 1.807) is 18.3 Å². The van der Waals surface area contributed by atoms with Crippen LogP contribution in [0.15, 0.2) is 42.6 Å². The van der Waals surface area contributed by atoms with Gasteiger partial charge < -0.3 is 20.1 Å². The number of alkyl halides is 1. The SMILES string of the molecule is COc1cc(-c2ccc(-c3ccc(N4CC[C@H](NC5CC(F)C5)C4)nn3)c(O)c2)cnn1. The van der Waals surface area contributed by atoms with E-state index in [9.17, 15) is 9.50 Å². The smallest absolute Gasteiger partial charge is 0.233 e. The van der Waals surface area contributed by atoms with Crippen LogP contribution < -0.4 is 15.0 Å². The molecule has 3 aromatic rings. The molecule has 8 nitrogen and oxygen atoms in total. The number of hydrogen-bond acceptors (Lipinski definition) is 8. The van der Waals surface area contributed by atoms with Gasteiger partial charge in [0.15, 0.2) is 5.82 Å². The van der Waals surface area contributed by atoms with E-state index in [0.717, 1.165) is 36.5 Å². The molecule has 0 spiro atoms. The van der Waals surface area contributed by atoms with Crippen molar-refractivity contribution in [2.24, 2.45) is 0 Å². The molecular weight excluding hydrogens is 411 g/mol. The summed E-state index contributed by atoms with van der Waals surface area (Å²) in [6.45, 7) is 1.73. The van der Waals surface area contributed by atoms with E-state index < -0.39 is 6.17 Å². The van der Waals surface area contributed by atoms with Crippen LogP contribution in [0.4, 0.5) is 10.2 Å². The van der Waals surface area contributed by atoms with E-state index >= 15 is 0 Å². The maximum atomic E-state index is 13.0. The van der Waals surface area contributed by atoms with E-state index in [1.165, 1.54) is 7.11 Å². The number of anilines is 1. The van der Waals surface area contributed by atoms with Crippen LogP contribution in [-0.4, -0.2) is 64.0 Å². The standard InChI is InChI=1S/C23H25FN6O2/c1-32-23-9-15(12-25-29-23)14-2-3-19(21(31)8-14)20-4-5-22(28-27-20)30-7-6-17(13-30)26-18-10-16(24)11-18/h2-5,8-9,12,16-18,26,31H,6-7,10-11,13H2,1H3/t16?,17-,18?/m0/s1. The number of aromatic nitrogens is 4. The van der Waals surface area contributed by atoms with E-state index in [4.69, 9.17) is 4.74 Å². The number of phenolic OH excluding ortho intramolecular Hbond substituents is 1. The largest absolute Gasteiger partial charge is 0.507 e. The molecule has 5 rings (SSSR count). The molecule has 2 aromatic heterocycles. The van der Waals surface area contributed by atoms with Crippen LogP contribution in [0.1, 0.15) is 19.3 Å². The number of phenols is 1. The second-order valence-electron chi connectivity index (χ2n) is 8.36. The lowest BCUT2D eigenvalue weighted by atomic mass is 9.90. The van der Waals surface area contributed by atoms with Crippen LogP contribution in [0.25, 0.3) is 22.4 Å². The number of ether oxygens (including phenoxy) is 1. The Balaban J connectivity index is 1.27. The molecule has 1 saturated carbocycles. The summed E-state index contributed by atoms with van der Waals surface area (Å²) in [5, 5.41) is 30.6. The first kappa shape index (κ1) is 20.6. The van der Waals surface area contributed by atoms with Gasteiger partial charge in [-0.1, -0.05) is 6.07 Å². The van der Waals surface area contributed by atoms with Gasteiger partial charge in [0.2, 0.25) is 5.88 Å². The lowest BCUT2D eigenvalue weighted by molar-refractivity contribution is 0.148. The van der Waals surface area contributed by atoms with Gasteiger partial charge in [-0.15, -0.1) is 15.3 Å². The van der Waals surface area contributed by atoms with Gasteiger partial charge in [-0.3, -0.25) is 0 Å². The summed E-state index contributed by atoms with van der Waals surface area (Å²) in [6.07, 6.45) is 3.23. The van der Waals surface area contributed by atoms with Crippen molar-refractivity contribution >= 4 is 5.82 Å². The molecule has 2 N–H and O–H groups in total. The Morgan fingerprint density at radius 1 is 1.06 bits per heavy atom. The predicted molar refractivity (Wildman–Crippen MR) is 118 cm³/mol. The van der Waals surface area contributed by atoms with Crippen LogP contribution in [0, 0.1) is 0 Å². The van der Waals surface area contributed by atoms with Gasteiger partial charge in [-0.25, -0.2) is 4.39 Å². The Labute approximate surface area is 185 Å². The van der Waals surface area contributed by atoms with Crippen molar-refractivity contribution in [2.75, 3.05) is 25.1 Å². The van der Waals surface area contributed by atoms with Crippen molar-refractivity contribution in [3.8, 4) is 34.0 Å². The molecule has 166 valence electrons. The number of benzene rings is 1. The van der Waals surface area contributed by atoms with E-state index in [1.807, 2.05) is 24.3 Å². The topological polar surface area (TPSA) is 96.3 Å². The highest BCUT2D eigenvalue weighted by molar-refractivity contribution is 5.74. The van der Waals surface area contributed by atoms with E-state index in [-0.39, 0.29) is 5.75 Å². The highest BCUT2D eigenvalue weighted by Gasteiger charge is 2.33. The quantitative estimate of drug-likeness (QED) is 0.609. The minimum Gasteiger partial charge on any atom is -0.507 e. The number of halogens is 1. The zero-order valence-corrected chi connectivity index (χ0v) is 17.8. The molecule has 0 unspecified atom stereocenters. The minimum absolute atomic E-state index is 0.109. The third-order valence-electron chi connectivity index (χ3n) is 6.16. The van der Waals surface area contributed by atoms with Crippen molar-refractivity contribution in [2.45, 2.75) is 37.5 Å². The molecule has 1 atom stereocenters. The zero-order valence-electron chi connectivity index (χ0n) is 17.8. The van der Waals surface area contributed by atoms with Gasteiger partial charge in [-0.2, -0.15) is 5.10 Å². The van der Waals surface area contributed by atoms with E-state index in [2.05, 4.69) is 30.6 Å². The Kier molecular flexibility index (Phi) is 5.57. The van der Waals surface area contributed by atoms with Crippen molar-refractivity contribution in [3.05, 3.63) is 42.6 Å². The number of nitrogens with one attached hydrogen (secondary N) is 1. The van der Waals surface area contributed by atoms with Crippen LogP contribution >= 0.6 is 0 Å². The Morgan fingerprint density at radius 2 is 1.94 bits per heavy atom. The number of hydrogen-bond donors (Lipinski definition) is 2.